The first-order valence-corrected chi connectivity index (χ1v) is 5.61. The van der Waals surface area contributed by atoms with Crippen molar-refractivity contribution in [1.82, 2.24) is 0 Å². The second-order valence-corrected chi connectivity index (χ2v) is 4.30. The Bertz CT molecular complexity index is 274. The molecule has 0 aliphatic carbocycles. The highest BCUT2D eigenvalue weighted by Gasteiger charge is 1.98. The summed E-state index contributed by atoms with van der Waals surface area (Å²) in [5.41, 5.74) is 14.3. The topological polar surface area (TPSA) is 52.0 Å². The van der Waals surface area contributed by atoms with Crippen molar-refractivity contribution in [1.29, 1.82) is 0 Å². The van der Waals surface area contributed by atoms with Crippen LogP contribution in [0.1, 0.15) is 12.5 Å². The summed E-state index contributed by atoms with van der Waals surface area (Å²) in [4.78, 5) is 0. The maximum atomic E-state index is 5.81. The van der Waals surface area contributed by atoms with Crippen molar-refractivity contribution in [3.63, 3.8) is 0 Å². The highest BCUT2D eigenvalue weighted by molar-refractivity contribution is 7.99. The third-order valence-corrected chi connectivity index (χ3v) is 2.79. The Balaban J connectivity index is 2.59. The minimum atomic E-state index is 0.797. The zero-order valence-electron chi connectivity index (χ0n) is 7.92. The third kappa shape index (κ3) is 3.19. The molecule has 13 heavy (non-hydrogen) atoms. The van der Waals surface area contributed by atoms with E-state index in [0.717, 1.165) is 29.3 Å². The van der Waals surface area contributed by atoms with E-state index in [1.807, 2.05) is 30.0 Å². The van der Waals surface area contributed by atoms with Crippen molar-refractivity contribution in [2.45, 2.75) is 13.3 Å². The average Bonchev–Trinajstić information content (AvgIpc) is 2.11. The number of anilines is 2. The molecular formula is C10H16N2S. The maximum absolute atomic E-state index is 5.81. The second-order valence-electron chi connectivity index (χ2n) is 2.91. The van der Waals surface area contributed by atoms with E-state index in [9.17, 15) is 0 Å². The summed E-state index contributed by atoms with van der Waals surface area (Å²) in [6, 6.07) is 5.68. The van der Waals surface area contributed by atoms with Crippen LogP contribution < -0.4 is 11.5 Å². The minimum Gasteiger partial charge on any atom is -0.399 e. The fourth-order valence-electron chi connectivity index (χ4n) is 1.17. The number of rotatable bonds is 4. The molecule has 0 heterocycles. The van der Waals surface area contributed by atoms with Crippen molar-refractivity contribution in [2.24, 2.45) is 0 Å². The van der Waals surface area contributed by atoms with Crippen LogP contribution in [0.2, 0.25) is 0 Å². The van der Waals surface area contributed by atoms with Gasteiger partial charge in [-0.1, -0.05) is 6.92 Å². The van der Waals surface area contributed by atoms with Crippen LogP contribution in [0.5, 0.6) is 0 Å². The van der Waals surface area contributed by atoms with Gasteiger partial charge in [-0.25, -0.2) is 0 Å². The van der Waals surface area contributed by atoms with E-state index in [0.29, 0.717) is 0 Å². The Labute approximate surface area is 83.7 Å². The first-order chi connectivity index (χ1) is 6.24. The van der Waals surface area contributed by atoms with Gasteiger partial charge in [0.2, 0.25) is 0 Å². The van der Waals surface area contributed by atoms with Crippen LogP contribution in [0.25, 0.3) is 0 Å². The van der Waals surface area contributed by atoms with Crippen LogP contribution in [-0.4, -0.2) is 11.5 Å². The summed E-state index contributed by atoms with van der Waals surface area (Å²) in [6.45, 7) is 2.16. The standard InChI is InChI=1S/C10H16N2S/c1-2-13-6-5-8-7-9(11)3-4-10(8)12/h3-4,7H,2,5-6,11-12H2,1H3. The fourth-order valence-corrected chi connectivity index (χ4v) is 1.82. The molecule has 0 unspecified atom stereocenters. The summed E-state index contributed by atoms with van der Waals surface area (Å²) in [6.07, 6.45) is 1.01. The highest BCUT2D eigenvalue weighted by atomic mass is 32.2. The molecular weight excluding hydrogens is 180 g/mol. The van der Waals surface area contributed by atoms with Crippen molar-refractivity contribution in [3.05, 3.63) is 23.8 Å². The van der Waals surface area contributed by atoms with Gasteiger partial charge in [-0.3, -0.25) is 0 Å². The van der Waals surface area contributed by atoms with Crippen LogP contribution in [0.15, 0.2) is 18.2 Å². The molecule has 3 heteroatoms. The van der Waals surface area contributed by atoms with Crippen LogP contribution in [0.3, 0.4) is 0 Å². The van der Waals surface area contributed by atoms with E-state index < -0.39 is 0 Å². The van der Waals surface area contributed by atoms with Crippen LogP contribution in [0, 0.1) is 0 Å². The van der Waals surface area contributed by atoms with E-state index in [4.69, 9.17) is 11.5 Å². The number of hydrogen-bond acceptors (Lipinski definition) is 3. The molecule has 0 fully saturated rings. The Morgan fingerprint density at radius 1 is 1.31 bits per heavy atom. The van der Waals surface area contributed by atoms with Gasteiger partial charge in [0, 0.05) is 11.4 Å². The highest BCUT2D eigenvalue weighted by Crippen LogP contribution is 2.17. The molecule has 0 aliphatic rings. The monoisotopic (exact) mass is 196 g/mol. The first-order valence-electron chi connectivity index (χ1n) is 4.45. The van der Waals surface area contributed by atoms with Gasteiger partial charge in [0.25, 0.3) is 0 Å². The molecule has 2 nitrogen and oxygen atoms in total. The van der Waals surface area contributed by atoms with E-state index >= 15 is 0 Å². The number of thioether (sulfide) groups is 1. The number of nitrogen functional groups attached to an aromatic ring is 2. The Morgan fingerprint density at radius 3 is 2.77 bits per heavy atom. The number of hydrogen-bond donors (Lipinski definition) is 2. The lowest BCUT2D eigenvalue weighted by atomic mass is 10.1. The molecule has 0 spiro atoms. The second kappa shape index (κ2) is 5.02. The number of nitrogens with two attached hydrogens (primary N) is 2. The average molecular weight is 196 g/mol. The van der Waals surface area contributed by atoms with Gasteiger partial charge in [0.15, 0.2) is 0 Å². The lowest BCUT2D eigenvalue weighted by molar-refractivity contribution is 1.16. The summed E-state index contributed by atoms with van der Waals surface area (Å²) < 4.78 is 0. The normalized spacial score (nSPS) is 10.2. The minimum absolute atomic E-state index is 0.797. The maximum Gasteiger partial charge on any atom is 0.0348 e. The van der Waals surface area contributed by atoms with Crippen LogP contribution in [-0.2, 0) is 6.42 Å². The quantitative estimate of drug-likeness (QED) is 0.573. The van der Waals surface area contributed by atoms with E-state index in [1.54, 1.807) is 0 Å². The van der Waals surface area contributed by atoms with Gasteiger partial charge < -0.3 is 11.5 Å². The lowest BCUT2D eigenvalue weighted by Gasteiger charge is -2.05. The van der Waals surface area contributed by atoms with Crippen molar-refractivity contribution < 1.29 is 0 Å². The molecule has 0 atom stereocenters. The Hall–Kier alpha value is -0.830. The van der Waals surface area contributed by atoms with Crippen molar-refractivity contribution >= 4 is 23.1 Å². The van der Waals surface area contributed by atoms with Crippen LogP contribution >= 0.6 is 11.8 Å². The largest absolute Gasteiger partial charge is 0.399 e. The molecule has 1 aromatic carbocycles. The van der Waals surface area contributed by atoms with E-state index in [-0.39, 0.29) is 0 Å². The zero-order valence-corrected chi connectivity index (χ0v) is 8.73. The number of aryl methyl sites for hydroxylation is 1. The van der Waals surface area contributed by atoms with Gasteiger partial charge in [-0.15, -0.1) is 0 Å². The Morgan fingerprint density at radius 2 is 2.08 bits per heavy atom. The van der Waals surface area contributed by atoms with Crippen LogP contribution in [0.4, 0.5) is 11.4 Å². The van der Waals surface area contributed by atoms with Crippen molar-refractivity contribution in [3.8, 4) is 0 Å². The first kappa shape index (κ1) is 10.3. The zero-order chi connectivity index (χ0) is 9.68. The summed E-state index contributed by atoms with van der Waals surface area (Å²) in [5, 5.41) is 0. The Kier molecular flexibility index (Phi) is 3.96. The summed E-state index contributed by atoms with van der Waals surface area (Å²) in [7, 11) is 0. The van der Waals surface area contributed by atoms with Crippen molar-refractivity contribution in [2.75, 3.05) is 23.0 Å². The third-order valence-electron chi connectivity index (χ3n) is 1.89. The van der Waals surface area contributed by atoms with Gasteiger partial charge in [0.1, 0.15) is 0 Å². The molecule has 72 valence electrons. The summed E-state index contributed by atoms with van der Waals surface area (Å²) in [5.74, 6) is 2.27. The molecule has 1 rings (SSSR count). The number of benzene rings is 1. The molecule has 0 saturated carbocycles. The predicted octanol–water partition coefficient (Wildman–Crippen LogP) is 2.15. The molecule has 1 aromatic rings. The molecule has 4 N–H and O–H groups in total. The SMILES string of the molecule is CCSCCc1cc(N)ccc1N. The fraction of sp³-hybridized carbons (Fsp3) is 0.400. The molecule has 0 saturated heterocycles. The van der Waals surface area contributed by atoms with Gasteiger partial charge in [0.05, 0.1) is 0 Å². The molecule has 0 bridgehead atoms. The lowest BCUT2D eigenvalue weighted by Crippen LogP contribution is -1.98. The summed E-state index contributed by atoms with van der Waals surface area (Å²) >= 11 is 1.92. The smallest absolute Gasteiger partial charge is 0.0348 e. The van der Waals surface area contributed by atoms with E-state index in [2.05, 4.69) is 6.92 Å². The van der Waals surface area contributed by atoms with E-state index in [1.165, 1.54) is 5.56 Å². The molecule has 0 aliphatic heterocycles. The predicted molar refractivity (Wildman–Crippen MR) is 62.0 cm³/mol. The molecule has 0 radical (unpaired) electrons. The van der Waals surface area contributed by atoms with Gasteiger partial charge in [-0.2, -0.15) is 11.8 Å². The van der Waals surface area contributed by atoms with Gasteiger partial charge in [-0.05, 0) is 41.7 Å². The van der Waals surface area contributed by atoms with Gasteiger partial charge >= 0.3 is 0 Å². The molecule has 0 aromatic heterocycles. The molecule has 0 amide bonds.